The van der Waals surface area contributed by atoms with E-state index < -0.39 is 0 Å². The lowest BCUT2D eigenvalue weighted by Gasteiger charge is -2.34. The van der Waals surface area contributed by atoms with Gasteiger partial charge in [-0.1, -0.05) is 18.5 Å². The number of likely N-dealkylation sites (tertiary alicyclic amines) is 1. The van der Waals surface area contributed by atoms with Crippen molar-refractivity contribution in [1.29, 1.82) is 0 Å². The van der Waals surface area contributed by atoms with Crippen LogP contribution in [0.25, 0.3) is 0 Å². The molecule has 1 aliphatic rings. The molecule has 0 aromatic heterocycles. The average Bonchev–Trinajstić information content (AvgIpc) is 2.43. The third-order valence-electron chi connectivity index (χ3n) is 3.90. The van der Waals surface area contributed by atoms with E-state index in [0.717, 1.165) is 19.5 Å². The summed E-state index contributed by atoms with van der Waals surface area (Å²) >= 11 is 5.95. The van der Waals surface area contributed by atoms with Crippen molar-refractivity contribution in [3.05, 3.63) is 23.2 Å². The van der Waals surface area contributed by atoms with Gasteiger partial charge in [0.15, 0.2) is 0 Å². The Hall–Kier alpha value is -1.30. The second kappa shape index (κ2) is 7.11. The molecule has 2 rings (SSSR count). The zero-order valence-corrected chi connectivity index (χ0v) is 13.2. The van der Waals surface area contributed by atoms with Gasteiger partial charge < -0.3 is 15.8 Å². The molecule has 1 amide bonds. The van der Waals surface area contributed by atoms with Crippen LogP contribution in [0.15, 0.2) is 18.2 Å². The zero-order chi connectivity index (χ0) is 15.4. The minimum Gasteiger partial charge on any atom is -0.495 e. The summed E-state index contributed by atoms with van der Waals surface area (Å²) in [5.41, 5.74) is 6.64. The van der Waals surface area contributed by atoms with Gasteiger partial charge in [-0.15, -0.1) is 0 Å². The molecule has 1 aliphatic heterocycles. The Bertz CT molecular complexity index is 510. The second-order valence-electron chi connectivity index (χ2n) is 5.56. The predicted molar refractivity (Wildman–Crippen MR) is 84.8 cm³/mol. The van der Waals surface area contributed by atoms with Gasteiger partial charge in [0.1, 0.15) is 5.75 Å². The Balaban J connectivity index is 1.94. The number of ether oxygens (including phenoxy) is 1. The van der Waals surface area contributed by atoms with Crippen LogP contribution in [0.4, 0.5) is 5.69 Å². The van der Waals surface area contributed by atoms with E-state index in [9.17, 15) is 4.79 Å². The van der Waals surface area contributed by atoms with E-state index in [1.807, 2.05) is 0 Å². The minimum absolute atomic E-state index is 0.0858. The van der Waals surface area contributed by atoms with Crippen LogP contribution in [-0.4, -0.2) is 43.6 Å². The number of benzene rings is 1. The van der Waals surface area contributed by atoms with Gasteiger partial charge in [0.2, 0.25) is 5.91 Å². The largest absolute Gasteiger partial charge is 0.495 e. The monoisotopic (exact) mass is 311 g/mol. The van der Waals surface area contributed by atoms with Crippen molar-refractivity contribution in [2.75, 3.05) is 32.1 Å². The molecule has 0 saturated carbocycles. The Morgan fingerprint density at radius 2 is 2.33 bits per heavy atom. The summed E-state index contributed by atoms with van der Waals surface area (Å²) in [4.78, 5) is 14.2. The SMILES string of the molecule is COc1ccc(Cl)cc1NC(=O)CN1CCC(C)C(N)C1. The van der Waals surface area contributed by atoms with Gasteiger partial charge in [-0.05, 0) is 37.1 Å². The average molecular weight is 312 g/mol. The van der Waals surface area contributed by atoms with E-state index >= 15 is 0 Å². The number of nitrogens with zero attached hydrogens (tertiary/aromatic N) is 1. The molecular formula is C15H22ClN3O2. The van der Waals surface area contributed by atoms with E-state index in [1.54, 1.807) is 25.3 Å². The first-order valence-corrected chi connectivity index (χ1v) is 7.48. The van der Waals surface area contributed by atoms with Crippen LogP contribution < -0.4 is 15.8 Å². The fourth-order valence-electron chi connectivity index (χ4n) is 2.48. The first-order chi connectivity index (χ1) is 9.99. The Kier molecular flexibility index (Phi) is 5.45. The number of amides is 1. The third kappa shape index (κ3) is 4.33. The number of nitrogens with one attached hydrogen (secondary N) is 1. The quantitative estimate of drug-likeness (QED) is 0.892. The molecule has 1 aromatic rings. The zero-order valence-electron chi connectivity index (χ0n) is 12.4. The molecule has 0 aliphatic carbocycles. The maximum Gasteiger partial charge on any atom is 0.238 e. The highest BCUT2D eigenvalue weighted by molar-refractivity contribution is 6.31. The van der Waals surface area contributed by atoms with Crippen molar-refractivity contribution in [1.82, 2.24) is 4.90 Å². The van der Waals surface area contributed by atoms with Crippen molar-refractivity contribution in [2.45, 2.75) is 19.4 Å². The molecule has 1 heterocycles. The molecule has 0 bridgehead atoms. The smallest absolute Gasteiger partial charge is 0.238 e. The number of halogens is 1. The van der Waals surface area contributed by atoms with Crippen LogP contribution >= 0.6 is 11.6 Å². The highest BCUT2D eigenvalue weighted by Crippen LogP contribution is 2.27. The summed E-state index contributed by atoms with van der Waals surface area (Å²) in [6, 6.07) is 5.27. The summed E-state index contributed by atoms with van der Waals surface area (Å²) in [6.45, 7) is 4.13. The van der Waals surface area contributed by atoms with E-state index in [2.05, 4.69) is 17.1 Å². The summed E-state index contributed by atoms with van der Waals surface area (Å²) in [6.07, 6.45) is 1.02. The van der Waals surface area contributed by atoms with Gasteiger partial charge in [-0.25, -0.2) is 0 Å². The number of carbonyl (C=O) groups is 1. The number of hydrogen-bond acceptors (Lipinski definition) is 4. The number of nitrogens with two attached hydrogens (primary N) is 1. The van der Waals surface area contributed by atoms with Crippen LogP contribution in [0.1, 0.15) is 13.3 Å². The Morgan fingerprint density at radius 1 is 1.57 bits per heavy atom. The fourth-order valence-corrected chi connectivity index (χ4v) is 2.66. The number of rotatable bonds is 4. The molecular weight excluding hydrogens is 290 g/mol. The van der Waals surface area contributed by atoms with Gasteiger partial charge >= 0.3 is 0 Å². The molecule has 6 heteroatoms. The predicted octanol–water partition coefficient (Wildman–Crippen LogP) is 1.96. The van der Waals surface area contributed by atoms with Gasteiger partial charge in [0.05, 0.1) is 19.3 Å². The van der Waals surface area contributed by atoms with E-state index in [1.165, 1.54) is 0 Å². The molecule has 1 fully saturated rings. The minimum atomic E-state index is -0.0858. The van der Waals surface area contributed by atoms with Crippen molar-refractivity contribution < 1.29 is 9.53 Å². The molecule has 116 valence electrons. The Morgan fingerprint density at radius 3 is 3.00 bits per heavy atom. The van der Waals surface area contributed by atoms with Crippen LogP contribution in [0.2, 0.25) is 5.02 Å². The fraction of sp³-hybridized carbons (Fsp3) is 0.533. The Labute approximate surface area is 130 Å². The molecule has 5 nitrogen and oxygen atoms in total. The van der Waals surface area contributed by atoms with Crippen LogP contribution in [-0.2, 0) is 4.79 Å². The molecule has 1 saturated heterocycles. The highest BCUT2D eigenvalue weighted by atomic mass is 35.5. The number of piperidine rings is 1. The molecule has 3 N–H and O–H groups in total. The van der Waals surface area contributed by atoms with Crippen molar-refractivity contribution in [3.8, 4) is 5.75 Å². The van der Waals surface area contributed by atoms with E-state index in [0.29, 0.717) is 28.9 Å². The van der Waals surface area contributed by atoms with E-state index in [4.69, 9.17) is 22.1 Å². The first kappa shape index (κ1) is 16.1. The normalized spacial score (nSPS) is 22.9. The third-order valence-corrected chi connectivity index (χ3v) is 4.14. The number of anilines is 1. The highest BCUT2D eigenvalue weighted by Gasteiger charge is 2.24. The van der Waals surface area contributed by atoms with Crippen molar-refractivity contribution in [3.63, 3.8) is 0 Å². The topological polar surface area (TPSA) is 67.6 Å². The number of carbonyl (C=O) groups excluding carboxylic acids is 1. The van der Waals surface area contributed by atoms with Gasteiger partial charge in [-0.3, -0.25) is 9.69 Å². The van der Waals surface area contributed by atoms with E-state index in [-0.39, 0.29) is 11.9 Å². The van der Waals surface area contributed by atoms with Crippen molar-refractivity contribution >= 4 is 23.2 Å². The molecule has 0 radical (unpaired) electrons. The summed E-state index contributed by atoms with van der Waals surface area (Å²) in [5, 5.41) is 3.40. The maximum absolute atomic E-state index is 12.2. The maximum atomic E-state index is 12.2. The van der Waals surface area contributed by atoms with Gasteiger partial charge in [0.25, 0.3) is 0 Å². The lowest BCUT2D eigenvalue weighted by molar-refractivity contribution is -0.117. The van der Waals surface area contributed by atoms with Crippen molar-refractivity contribution in [2.24, 2.45) is 11.7 Å². The molecule has 0 spiro atoms. The second-order valence-corrected chi connectivity index (χ2v) is 5.99. The van der Waals surface area contributed by atoms with Crippen LogP contribution in [0, 0.1) is 5.92 Å². The molecule has 1 aromatic carbocycles. The molecule has 2 unspecified atom stereocenters. The molecule has 2 atom stereocenters. The summed E-state index contributed by atoms with van der Waals surface area (Å²) < 4.78 is 5.22. The standard InChI is InChI=1S/C15H22ClN3O2/c1-10-5-6-19(8-12(10)17)9-15(20)18-13-7-11(16)3-4-14(13)21-2/h3-4,7,10,12H,5-6,8-9,17H2,1-2H3,(H,18,20). The summed E-state index contributed by atoms with van der Waals surface area (Å²) in [7, 11) is 1.56. The van der Waals surface area contributed by atoms with Gasteiger partial charge in [0, 0.05) is 17.6 Å². The summed E-state index contributed by atoms with van der Waals surface area (Å²) in [5.74, 6) is 1.02. The van der Waals surface area contributed by atoms with Crippen LogP contribution in [0.5, 0.6) is 5.75 Å². The number of hydrogen-bond donors (Lipinski definition) is 2. The van der Waals surface area contributed by atoms with Gasteiger partial charge in [-0.2, -0.15) is 0 Å². The number of methoxy groups -OCH3 is 1. The lowest BCUT2D eigenvalue weighted by atomic mass is 9.94. The molecule has 21 heavy (non-hydrogen) atoms. The first-order valence-electron chi connectivity index (χ1n) is 7.11. The lowest BCUT2D eigenvalue weighted by Crippen LogP contribution is -2.49. The van der Waals surface area contributed by atoms with Crippen LogP contribution in [0.3, 0.4) is 0 Å².